The molecule has 0 amide bonds. The van der Waals surface area contributed by atoms with Crippen LogP contribution in [0.15, 0.2) is 11.4 Å². The number of aliphatic hydroxyl groups is 1. The molecule has 4 nitrogen and oxygen atoms in total. The highest BCUT2D eigenvalue weighted by Crippen LogP contribution is 2.19. The van der Waals surface area contributed by atoms with Crippen molar-refractivity contribution in [3.05, 3.63) is 16.3 Å². The molecule has 1 heterocycles. The Hall–Kier alpha value is -1.07. The molecular formula is C11H17NO3S. The lowest BCUT2D eigenvalue weighted by Crippen LogP contribution is -2.06. The average Bonchev–Trinajstić information content (AvgIpc) is 2.69. The first-order valence-corrected chi connectivity index (χ1v) is 6.24. The molecule has 5 heteroatoms. The molecule has 0 radical (unpaired) electrons. The highest BCUT2D eigenvalue weighted by Gasteiger charge is 2.11. The number of esters is 1. The normalized spacial score (nSPS) is 10.3. The van der Waals surface area contributed by atoms with Gasteiger partial charge in [-0.1, -0.05) is 6.42 Å². The first kappa shape index (κ1) is 13.0. The van der Waals surface area contributed by atoms with E-state index >= 15 is 0 Å². The SMILES string of the molecule is Nc1ccsc1C(=O)OCCCCCCO. The lowest BCUT2D eigenvalue weighted by molar-refractivity contribution is 0.0504. The first-order valence-electron chi connectivity index (χ1n) is 5.36. The Morgan fingerprint density at radius 3 is 2.75 bits per heavy atom. The van der Waals surface area contributed by atoms with Crippen LogP contribution in [-0.2, 0) is 4.74 Å². The minimum atomic E-state index is -0.338. The summed E-state index contributed by atoms with van der Waals surface area (Å²) in [5.74, 6) is -0.338. The van der Waals surface area contributed by atoms with E-state index in [1.54, 1.807) is 11.4 Å². The van der Waals surface area contributed by atoms with E-state index in [9.17, 15) is 4.79 Å². The van der Waals surface area contributed by atoms with Crippen molar-refractivity contribution in [2.24, 2.45) is 0 Å². The van der Waals surface area contributed by atoms with Gasteiger partial charge < -0.3 is 15.6 Å². The molecule has 16 heavy (non-hydrogen) atoms. The Morgan fingerprint density at radius 1 is 1.38 bits per heavy atom. The van der Waals surface area contributed by atoms with Gasteiger partial charge in [0, 0.05) is 6.61 Å². The van der Waals surface area contributed by atoms with Crippen LogP contribution in [-0.4, -0.2) is 24.3 Å². The van der Waals surface area contributed by atoms with E-state index in [1.807, 2.05) is 0 Å². The molecule has 0 bridgehead atoms. The molecule has 0 saturated carbocycles. The molecule has 0 aromatic carbocycles. The number of aliphatic hydroxyl groups excluding tert-OH is 1. The predicted molar refractivity (Wildman–Crippen MR) is 64.6 cm³/mol. The maximum atomic E-state index is 11.5. The molecule has 0 spiro atoms. The zero-order chi connectivity index (χ0) is 11.8. The third kappa shape index (κ3) is 4.20. The van der Waals surface area contributed by atoms with Crippen molar-refractivity contribution in [1.29, 1.82) is 0 Å². The van der Waals surface area contributed by atoms with Crippen molar-refractivity contribution in [1.82, 2.24) is 0 Å². The van der Waals surface area contributed by atoms with Gasteiger partial charge in [-0.05, 0) is 30.7 Å². The van der Waals surface area contributed by atoms with Crippen molar-refractivity contribution >= 4 is 23.0 Å². The molecule has 90 valence electrons. The zero-order valence-electron chi connectivity index (χ0n) is 9.15. The molecule has 0 atom stereocenters. The van der Waals surface area contributed by atoms with Gasteiger partial charge in [0.15, 0.2) is 0 Å². The monoisotopic (exact) mass is 243 g/mol. The smallest absolute Gasteiger partial charge is 0.350 e. The van der Waals surface area contributed by atoms with Gasteiger partial charge in [-0.15, -0.1) is 11.3 Å². The number of nitrogens with two attached hydrogens (primary N) is 1. The number of hydrogen-bond donors (Lipinski definition) is 2. The van der Waals surface area contributed by atoms with Gasteiger partial charge in [0.1, 0.15) is 4.88 Å². The maximum Gasteiger partial charge on any atom is 0.350 e. The van der Waals surface area contributed by atoms with Gasteiger partial charge >= 0.3 is 5.97 Å². The van der Waals surface area contributed by atoms with E-state index in [0.717, 1.165) is 25.7 Å². The Bertz CT molecular complexity index is 325. The summed E-state index contributed by atoms with van der Waals surface area (Å²) < 4.78 is 5.08. The molecule has 0 unspecified atom stereocenters. The zero-order valence-corrected chi connectivity index (χ0v) is 9.96. The van der Waals surface area contributed by atoms with E-state index in [4.69, 9.17) is 15.6 Å². The van der Waals surface area contributed by atoms with Gasteiger partial charge in [0.2, 0.25) is 0 Å². The van der Waals surface area contributed by atoms with Crippen molar-refractivity contribution in [3.8, 4) is 0 Å². The molecule has 0 fully saturated rings. The third-order valence-electron chi connectivity index (χ3n) is 2.17. The molecule has 0 aliphatic rings. The summed E-state index contributed by atoms with van der Waals surface area (Å²) in [7, 11) is 0. The highest BCUT2D eigenvalue weighted by molar-refractivity contribution is 7.12. The number of anilines is 1. The molecule has 0 aliphatic heterocycles. The van der Waals surface area contributed by atoms with Crippen LogP contribution >= 0.6 is 11.3 Å². The van der Waals surface area contributed by atoms with Crippen LogP contribution in [0.3, 0.4) is 0 Å². The summed E-state index contributed by atoms with van der Waals surface area (Å²) in [5, 5.41) is 10.3. The summed E-state index contributed by atoms with van der Waals surface area (Å²) in [6.45, 7) is 0.646. The molecule has 0 saturated heterocycles. The van der Waals surface area contributed by atoms with Gasteiger partial charge in [-0.25, -0.2) is 4.79 Å². The van der Waals surface area contributed by atoms with Crippen LogP contribution in [0.1, 0.15) is 35.4 Å². The summed E-state index contributed by atoms with van der Waals surface area (Å²) in [4.78, 5) is 12.0. The van der Waals surface area contributed by atoms with Gasteiger partial charge in [0.25, 0.3) is 0 Å². The number of carbonyl (C=O) groups is 1. The Labute approximate surface area is 99.0 Å². The second-order valence-electron chi connectivity index (χ2n) is 3.48. The highest BCUT2D eigenvalue weighted by atomic mass is 32.1. The number of rotatable bonds is 7. The topological polar surface area (TPSA) is 72.6 Å². The standard InChI is InChI=1S/C11H17NO3S/c12-9-5-8-16-10(9)11(14)15-7-4-2-1-3-6-13/h5,8,13H,1-4,6-7,12H2. The molecule has 1 aromatic heterocycles. The number of carbonyl (C=O) groups excluding carboxylic acids is 1. The lowest BCUT2D eigenvalue weighted by atomic mass is 10.2. The fourth-order valence-electron chi connectivity index (χ4n) is 1.28. The summed E-state index contributed by atoms with van der Waals surface area (Å²) in [5.41, 5.74) is 6.07. The largest absolute Gasteiger partial charge is 0.461 e. The second-order valence-corrected chi connectivity index (χ2v) is 4.39. The molecule has 1 rings (SSSR count). The Kier molecular flexibility index (Phi) is 5.88. The second kappa shape index (κ2) is 7.24. The number of unbranched alkanes of at least 4 members (excludes halogenated alkanes) is 3. The fraction of sp³-hybridized carbons (Fsp3) is 0.545. The number of thiophene rings is 1. The van der Waals surface area contributed by atoms with Crippen LogP contribution in [0.2, 0.25) is 0 Å². The minimum absolute atomic E-state index is 0.228. The van der Waals surface area contributed by atoms with Crippen LogP contribution in [0.25, 0.3) is 0 Å². The van der Waals surface area contributed by atoms with Crippen LogP contribution in [0.5, 0.6) is 0 Å². The van der Waals surface area contributed by atoms with Gasteiger partial charge in [0.05, 0.1) is 12.3 Å². The van der Waals surface area contributed by atoms with Gasteiger partial charge in [-0.3, -0.25) is 0 Å². The molecule has 3 N–H and O–H groups in total. The van der Waals surface area contributed by atoms with E-state index in [-0.39, 0.29) is 12.6 Å². The lowest BCUT2D eigenvalue weighted by Gasteiger charge is -2.03. The van der Waals surface area contributed by atoms with Crippen molar-refractivity contribution in [3.63, 3.8) is 0 Å². The average molecular weight is 243 g/mol. The third-order valence-corrected chi connectivity index (χ3v) is 3.08. The molecular weight excluding hydrogens is 226 g/mol. The summed E-state index contributed by atoms with van der Waals surface area (Å²) >= 11 is 1.30. The summed E-state index contributed by atoms with van der Waals surface area (Å²) in [6, 6.07) is 1.70. The quantitative estimate of drug-likeness (QED) is 0.568. The first-order chi connectivity index (χ1) is 7.75. The van der Waals surface area contributed by atoms with Crippen LogP contribution in [0.4, 0.5) is 5.69 Å². The van der Waals surface area contributed by atoms with Crippen LogP contribution < -0.4 is 5.73 Å². The maximum absolute atomic E-state index is 11.5. The van der Waals surface area contributed by atoms with Crippen molar-refractivity contribution in [2.75, 3.05) is 18.9 Å². The molecule has 0 aliphatic carbocycles. The molecule has 1 aromatic rings. The predicted octanol–water partition coefficient (Wildman–Crippen LogP) is 2.04. The summed E-state index contributed by atoms with van der Waals surface area (Å²) in [6.07, 6.45) is 3.58. The van der Waals surface area contributed by atoms with Gasteiger partial charge in [-0.2, -0.15) is 0 Å². The van der Waals surface area contributed by atoms with E-state index in [0.29, 0.717) is 17.2 Å². The Balaban J connectivity index is 2.14. The van der Waals surface area contributed by atoms with E-state index in [2.05, 4.69) is 0 Å². The van der Waals surface area contributed by atoms with E-state index in [1.165, 1.54) is 11.3 Å². The van der Waals surface area contributed by atoms with Crippen molar-refractivity contribution < 1.29 is 14.6 Å². The fourth-order valence-corrected chi connectivity index (χ4v) is 1.99. The minimum Gasteiger partial charge on any atom is -0.461 e. The van der Waals surface area contributed by atoms with Crippen LogP contribution in [0, 0.1) is 0 Å². The number of ether oxygens (including phenoxy) is 1. The Morgan fingerprint density at radius 2 is 2.12 bits per heavy atom. The van der Waals surface area contributed by atoms with Crippen molar-refractivity contribution in [2.45, 2.75) is 25.7 Å². The number of nitrogen functional groups attached to an aromatic ring is 1. The van der Waals surface area contributed by atoms with E-state index < -0.39 is 0 Å². The number of hydrogen-bond acceptors (Lipinski definition) is 5.